The van der Waals surface area contributed by atoms with Crippen LogP contribution in [0.15, 0.2) is 46.9 Å². The lowest BCUT2D eigenvalue weighted by Crippen LogP contribution is -2.19. The lowest BCUT2D eigenvalue weighted by atomic mass is 10.3. The third kappa shape index (κ3) is 3.81. The number of anilines is 2. The number of aromatic nitrogens is 1. The van der Waals surface area contributed by atoms with E-state index in [4.69, 9.17) is 16.0 Å². The maximum absolute atomic E-state index is 12.0. The van der Waals surface area contributed by atoms with E-state index >= 15 is 0 Å². The molecule has 118 valence electrons. The number of nitrogens with one attached hydrogen (secondary N) is 2. The molecule has 0 unspecified atom stereocenters. The molecule has 0 atom stereocenters. The van der Waals surface area contributed by atoms with Gasteiger partial charge in [-0.2, -0.15) is 0 Å². The number of hydrogen-bond donors (Lipinski definition) is 2. The summed E-state index contributed by atoms with van der Waals surface area (Å²) in [4.78, 5) is 16.4. The molecule has 5 nitrogen and oxygen atoms in total. The second-order valence-electron chi connectivity index (χ2n) is 5.13. The number of nitrogens with zero attached hydrogens (tertiary/aromatic N) is 1. The van der Waals surface area contributed by atoms with Gasteiger partial charge in [-0.25, -0.2) is 9.78 Å². The molecule has 1 aromatic heterocycles. The zero-order valence-electron chi connectivity index (χ0n) is 12.6. The zero-order chi connectivity index (χ0) is 16.2. The van der Waals surface area contributed by atoms with Crippen LogP contribution in [-0.2, 0) is 6.42 Å². The number of halogens is 1. The summed E-state index contributed by atoms with van der Waals surface area (Å²) in [5.41, 5.74) is 2.71. The molecule has 0 saturated carbocycles. The van der Waals surface area contributed by atoms with Gasteiger partial charge in [0.15, 0.2) is 11.5 Å². The summed E-state index contributed by atoms with van der Waals surface area (Å²) in [5.74, 6) is 0.711. The van der Waals surface area contributed by atoms with Crippen molar-refractivity contribution in [2.75, 3.05) is 10.6 Å². The molecule has 0 radical (unpaired) electrons. The van der Waals surface area contributed by atoms with Gasteiger partial charge < -0.3 is 15.1 Å². The number of aryl methyl sites for hydroxylation is 1. The third-order valence-corrected chi connectivity index (χ3v) is 3.47. The van der Waals surface area contributed by atoms with Gasteiger partial charge in [-0.1, -0.05) is 24.6 Å². The van der Waals surface area contributed by atoms with Gasteiger partial charge in [0.05, 0.1) is 0 Å². The molecule has 0 aliphatic heterocycles. The highest BCUT2D eigenvalue weighted by Crippen LogP contribution is 2.21. The summed E-state index contributed by atoms with van der Waals surface area (Å²) in [6.07, 6.45) is 1.77. The first-order valence-electron chi connectivity index (χ1n) is 7.37. The summed E-state index contributed by atoms with van der Waals surface area (Å²) in [6, 6.07) is 12.0. The van der Waals surface area contributed by atoms with Gasteiger partial charge in [-0.3, -0.25) is 0 Å². The van der Waals surface area contributed by atoms with Gasteiger partial charge in [-0.15, -0.1) is 0 Å². The Bertz CT molecular complexity index is 845. The Morgan fingerprint density at radius 2 is 1.96 bits per heavy atom. The lowest BCUT2D eigenvalue weighted by molar-refractivity contribution is 0.262. The largest absolute Gasteiger partial charge is 0.441 e. The second kappa shape index (κ2) is 6.71. The monoisotopic (exact) mass is 329 g/mol. The Morgan fingerprint density at radius 1 is 1.17 bits per heavy atom. The van der Waals surface area contributed by atoms with E-state index in [0.717, 1.165) is 18.4 Å². The number of hydrogen-bond acceptors (Lipinski definition) is 3. The molecule has 3 aromatic rings. The summed E-state index contributed by atoms with van der Waals surface area (Å²) in [7, 11) is 0. The minimum atomic E-state index is -0.347. The average molecular weight is 330 g/mol. The van der Waals surface area contributed by atoms with Crippen molar-refractivity contribution in [1.29, 1.82) is 0 Å². The highest BCUT2D eigenvalue weighted by atomic mass is 35.5. The number of rotatable bonds is 4. The Hall–Kier alpha value is -2.53. The van der Waals surface area contributed by atoms with Gasteiger partial charge in [0.25, 0.3) is 0 Å². The van der Waals surface area contributed by atoms with Gasteiger partial charge in [0, 0.05) is 28.9 Å². The number of carbonyl (C=O) groups excluding carboxylic acids is 1. The van der Waals surface area contributed by atoms with Crippen molar-refractivity contribution in [3.05, 3.63) is 53.4 Å². The number of benzene rings is 2. The van der Waals surface area contributed by atoms with Crippen molar-refractivity contribution >= 4 is 40.1 Å². The molecular formula is C17H16ClN3O2. The smallest absolute Gasteiger partial charge is 0.323 e. The predicted octanol–water partition coefficient (Wildman–Crippen LogP) is 5.08. The molecule has 6 heteroatoms. The molecule has 0 bridgehead atoms. The number of amides is 2. The molecule has 0 aliphatic rings. The number of fused-ring (bicyclic) bond motifs is 1. The van der Waals surface area contributed by atoms with E-state index in [0.29, 0.717) is 27.9 Å². The SMILES string of the molecule is CCCc1nc2ccc(NC(=O)Nc3cccc(Cl)c3)cc2o1. The topological polar surface area (TPSA) is 67.2 Å². The van der Waals surface area contributed by atoms with Crippen LogP contribution in [0.4, 0.5) is 16.2 Å². The summed E-state index contributed by atoms with van der Waals surface area (Å²) >= 11 is 5.89. The highest BCUT2D eigenvalue weighted by Gasteiger charge is 2.08. The fourth-order valence-electron chi connectivity index (χ4n) is 2.23. The fourth-order valence-corrected chi connectivity index (χ4v) is 2.42. The second-order valence-corrected chi connectivity index (χ2v) is 5.57. The Morgan fingerprint density at radius 3 is 2.70 bits per heavy atom. The molecule has 2 aromatic carbocycles. The summed E-state index contributed by atoms with van der Waals surface area (Å²) in [5, 5.41) is 6.05. The zero-order valence-corrected chi connectivity index (χ0v) is 13.4. The van der Waals surface area contributed by atoms with E-state index in [9.17, 15) is 4.79 Å². The molecular weight excluding hydrogens is 314 g/mol. The normalized spacial score (nSPS) is 10.7. The fraction of sp³-hybridized carbons (Fsp3) is 0.176. The average Bonchev–Trinajstić information content (AvgIpc) is 2.89. The van der Waals surface area contributed by atoms with Crippen LogP contribution in [-0.4, -0.2) is 11.0 Å². The maximum atomic E-state index is 12.0. The molecule has 1 heterocycles. The van der Waals surface area contributed by atoms with Crippen LogP contribution >= 0.6 is 11.6 Å². The Kier molecular flexibility index (Phi) is 4.48. The standard InChI is InChI=1S/C17H16ClN3O2/c1-2-4-16-21-14-8-7-13(10-15(14)23-16)20-17(22)19-12-6-3-5-11(18)9-12/h3,5-10H,2,4H2,1H3,(H2,19,20,22). The maximum Gasteiger partial charge on any atom is 0.323 e. The minimum absolute atomic E-state index is 0.347. The third-order valence-electron chi connectivity index (χ3n) is 3.24. The molecule has 0 spiro atoms. The number of carbonyl (C=O) groups is 1. The van der Waals surface area contributed by atoms with Crippen LogP contribution in [0.1, 0.15) is 19.2 Å². The van der Waals surface area contributed by atoms with E-state index in [-0.39, 0.29) is 6.03 Å². The molecule has 0 aliphatic carbocycles. The molecule has 23 heavy (non-hydrogen) atoms. The molecule has 2 amide bonds. The van der Waals surface area contributed by atoms with Gasteiger partial charge >= 0.3 is 6.03 Å². The number of urea groups is 1. The van der Waals surface area contributed by atoms with Crippen LogP contribution < -0.4 is 10.6 Å². The van der Waals surface area contributed by atoms with Gasteiger partial charge in [-0.05, 0) is 36.8 Å². The van der Waals surface area contributed by atoms with E-state index in [2.05, 4.69) is 22.5 Å². The molecule has 2 N–H and O–H groups in total. The first kappa shape index (κ1) is 15.4. The van der Waals surface area contributed by atoms with Crippen LogP contribution in [0, 0.1) is 0 Å². The van der Waals surface area contributed by atoms with Crippen molar-refractivity contribution < 1.29 is 9.21 Å². The van der Waals surface area contributed by atoms with E-state index in [1.807, 2.05) is 6.07 Å². The quantitative estimate of drug-likeness (QED) is 0.701. The van der Waals surface area contributed by atoms with Crippen molar-refractivity contribution in [2.45, 2.75) is 19.8 Å². The first-order valence-corrected chi connectivity index (χ1v) is 7.75. The minimum Gasteiger partial charge on any atom is -0.441 e. The summed E-state index contributed by atoms with van der Waals surface area (Å²) < 4.78 is 5.66. The lowest BCUT2D eigenvalue weighted by Gasteiger charge is -2.07. The van der Waals surface area contributed by atoms with Crippen molar-refractivity contribution in [1.82, 2.24) is 4.98 Å². The van der Waals surface area contributed by atoms with Crippen LogP contribution in [0.2, 0.25) is 5.02 Å². The van der Waals surface area contributed by atoms with Crippen LogP contribution in [0.5, 0.6) is 0 Å². The van der Waals surface area contributed by atoms with Crippen molar-refractivity contribution in [2.24, 2.45) is 0 Å². The number of oxazole rings is 1. The van der Waals surface area contributed by atoms with E-state index in [1.165, 1.54) is 0 Å². The first-order chi connectivity index (χ1) is 11.1. The molecule has 0 fully saturated rings. The van der Waals surface area contributed by atoms with Gasteiger partial charge in [0.2, 0.25) is 0 Å². The van der Waals surface area contributed by atoms with E-state index < -0.39 is 0 Å². The Labute approximate surface area is 138 Å². The van der Waals surface area contributed by atoms with Crippen molar-refractivity contribution in [3.63, 3.8) is 0 Å². The predicted molar refractivity (Wildman–Crippen MR) is 92.1 cm³/mol. The molecule has 0 saturated heterocycles. The van der Waals surface area contributed by atoms with Crippen molar-refractivity contribution in [3.8, 4) is 0 Å². The van der Waals surface area contributed by atoms with E-state index in [1.54, 1.807) is 36.4 Å². The van der Waals surface area contributed by atoms with Gasteiger partial charge in [0.1, 0.15) is 5.52 Å². The Balaban J connectivity index is 1.71. The van der Waals surface area contributed by atoms with Crippen LogP contribution in [0.3, 0.4) is 0 Å². The highest BCUT2D eigenvalue weighted by molar-refractivity contribution is 6.30. The summed E-state index contributed by atoms with van der Waals surface area (Å²) in [6.45, 7) is 2.07. The van der Waals surface area contributed by atoms with Crippen LogP contribution in [0.25, 0.3) is 11.1 Å². The molecule has 3 rings (SSSR count).